The topological polar surface area (TPSA) is 33.0 Å². The normalized spacial score (nSPS) is 11.4. The average molecular weight is 465 g/mol. The highest BCUT2D eigenvalue weighted by atomic mass is 35.5. The molecule has 2 nitrogen and oxygen atoms in total. The monoisotopic (exact) mass is 463 g/mol. The van der Waals surface area contributed by atoms with Crippen molar-refractivity contribution in [1.82, 2.24) is 0 Å². The minimum Gasteiger partial charge on any atom is -0.487 e. The lowest BCUT2D eigenvalue weighted by atomic mass is 10.0. The maximum Gasteiger partial charge on any atom is 0.138 e. The van der Waals surface area contributed by atoms with Crippen LogP contribution in [0.1, 0.15) is 16.7 Å². The summed E-state index contributed by atoms with van der Waals surface area (Å²) in [6.07, 6.45) is 1.73. The molecular formula is C26H16Cl3NO. The van der Waals surface area contributed by atoms with Crippen molar-refractivity contribution in [2.45, 2.75) is 6.61 Å². The standard InChI is InChI=1S/C26H16Cl3NO/c27-21-9-10-23(24(28)14-21)20(15-30)12-17-8-11-26(25(29)13-17)31-16-19-6-3-5-18-4-1-2-7-22(18)19/h1-14H,16H2/b20-12+. The van der Waals surface area contributed by atoms with Gasteiger partial charge >= 0.3 is 0 Å². The molecule has 5 heteroatoms. The van der Waals surface area contributed by atoms with Gasteiger partial charge in [-0.05, 0) is 52.2 Å². The highest BCUT2D eigenvalue weighted by Crippen LogP contribution is 2.31. The molecule has 31 heavy (non-hydrogen) atoms. The van der Waals surface area contributed by atoms with Gasteiger partial charge in [0.15, 0.2) is 0 Å². The zero-order valence-electron chi connectivity index (χ0n) is 16.3. The van der Waals surface area contributed by atoms with Gasteiger partial charge in [0.2, 0.25) is 0 Å². The molecule has 0 fully saturated rings. The van der Waals surface area contributed by atoms with Gasteiger partial charge in [-0.15, -0.1) is 0 Å². The Morgan fingerprint density at radius 2 is 1.68 bits per heavy atom. The van der Waals surface area contributed by atoms with E-state index >= 15 is 0 Å². The van der Waals surface area contributed by atoms with Gasteiger partial charge in [0, 0.05) is 10.6 Å². The van der Waals surface area contributed by atoms with E-state index in [0.29, 0.717) is 38.6 Å². The predicted molar refractivity (Wildman–Crippen MR) is 130 cm³/mol. The van der Waals surface area contributed by atoms with Crippen LogP contribution in [0.2, 0.25) is 15.1 Å². The summed E-state index contributed by atoms with van der Waals surface area (Å²) in [5.74, 6) is 0.579. The molecule has 0 radical (unpaired) electrons. The van der Waals surface area contributed by atoms with Gasteiger partial charge in [-0.2, -0.15) is 5.26 Å². The van der Waals surface area contributed by atoms with Gasteiger partial charge < -0.3 is 4.74 Å². The van der Waals surface area contributed by atoms with E-state index in [1.165, 1.54) is 5.39 Å². The summed E-state index contributed by atoms with van der Waals surface area (Å²) in [4.78, 5) is 0. The van der Waals surface area contributed by atoms with Crippen LogP contribution < -0.4 is 4.74 Å². The smallest absolute Gasteiger partial charge is 0.138 e. The number of hydrogen-bond acceptors (Lipinski definition) is 2. The zero-order valence-corrected chi connectivity index (χ0v) is 18.5. The van der Waals surface area contributed by atoms with Crippen molar-refractivity contribution in [1.29, 1.82) is 5.26 Å². The number of allylic oxidation sites excluding steroid dienone is 1. The molecule has 0 aliphatic carbocycles. The van der Waals surface area contributed by atoms with Crippen molar-refractivity contribution < 1.29 is 4.74 Å². The molecule has 0 aliphatic heterocycles. The number of rotatable bonds is 5. The number of fused-ring (bicyclic) bond motifs is 1. The molecule has 0 aromatic heterocycles. The molecule has 0 heterocycles. The van der Waals surface area contributed by atoms with E-state index in [4.69, 9.17) is 39.5 Å². The van der Waals surface area contributed by atoms with Gasteiger partial charge in [-0.3, -0.25) is 0 Å². The summed E-state index contributed by atoms with van der Waals surface area (Å²) < 4.78 is 5.98. The summed E-state index contributed by atoms with van der Waals surface area (Å²) in [5, 5.41) is 13.3. The Labute approximate surface area is 195 Å². The molecule has 4 rings (SSSR count). The first-order chi connectivity index (χ1) is 15.0. The Balaban J connectivity index is 1.56. The van der Waals surface area contributed by atoms with Crippen molar-refractivity contribution in [2.75, 3.05) is 0 Å². The number of nitrogens with zero attached hydrogens (tertiary/aromatic N) is 1. The van der Waals surface area contributed by atoms with Gasteiger partial charge in [0.1, 0.15) is 12.4 Å². The molecule has 0 unspecified atom stereocenters. The molecule has 0 saturated carbocycles. The van der Waals surface area contributed by atoms with E-state index in [1.54, 1.807) is 36.4 Å². The zero-order chi connectivity index (χ0) is 21.8. The fraction of sp³-hybridized carbons (Fsp3) is 0.0385. The van der Waals surface area contributed by atoms with Crippen LogP contribution in [0.15, 0.2) is 78.9 Å². The first-order valence-corrected chi connectivity index (χ1v) is 10.6. The van der Waals surface area contributed by atoms with Crippen molar-refractivity contribution in [3.05, 3.63) is 111 Å². The van der Waals surface area contributed by atoms with Crippen molar-refractivity contribution in [3.8, 4) is 11.8 Å². The Morgan fingerprint density at radius 1 is 0.871 bits per heavy atom. The Hall–Kier alpha value is -2.96. The summed E-state index contributed by atoms with van der Waals surface area (Å²) in [5.41, 5.74) is 2.88. The first kappa shape index (κ1) is 21.3. The number of nitriles is 1. The SMILES string of the molecule is N#C/C(=C\c1ccc(OCc2cccc3ccccc23)c(Cl)c1)c1ccc(Cl)cc1Cl. The van der Waals surface area contributed by atoms with Gasteiger partial charge in [-0.25, -0.2) is 0 Å². The fourth-order valence-electron chi connectivity index (χ4n) is 3.34. The maximum atomic E-state index is 9.59. The van der Waals surface area contributed by atoms with Crippen LogP contribution in [0.25, 0.3) is 22.4 Å². The average Bonchev–Trinajstić information content (AvgIpc) is 2.77. The van der Waals surface area contributed by atoms with Crippen molar-refractivity contribution in [3.63, 3.8) is 0 Å². The first-order valence-electron chi connectivity index (χ1n) is 9.51. The minimum absolute atomic E-state index is 0.403. The second kappa shape index (κ2) is 9.45. The lowest BCUT2D eigenvalue weighted by Gasteiger charge is -2.11. The third-order valence-electron chi connectivity index (χ3n) is 4.87. The summed E-state index contributed by atoms with van der Waals surface area (Å²) >= 11 is 18.7. The van der Waals surface area contributed by atoms with E-state index in [2.05, 4.69) is 24.3 Å². The summed E-state index contributed by atoms with van der Waals surface area (Å²) in [6, 6.07) is 27.0. The Bertz CT molecular complexity index is 1330. The molecular weight excluding hydrogens is 449 g/mol. The van der Waals surface area contributed by atoms with E-state index in [0.717, 1.165) is 16.5 Å². The van der Waals surface area contributed by atoms with E-state index < -0.39 is 0 Å². The van der Waals surface area contributed by atoms with Crippen LogP contribution in [0.4, 0.5) is 0 Å². The number of halogens is 3. The fourth-order valence-corrected chi connectivity index (χ4v) is 4.10. The Kier molecular flexibility index (Phi) is 6.49. The molecule has 4 aromatic rings. The number of benzene rings is 4. The van der Waals surface area contributed by atoms with E-state index in [-0.39, 0.29) is 0 Å². The van der Waals surface area contributed by atoms with Gasteiger partial charge in [0.25, 0.3) is 0 Å². The molecule has 0 atom stereocenters. The molecule has 0 spiro atoms. The quantitative estimate of drug-likeness (QED) is 0.219. The van der Waals surface area contributed by atoms with E-state index in [1.807, 2.05) is 30.3 Å². The largest absolute Gasteiger partial charge is 0.487 e. The van der Waals surface area contributed by atoms with Gasteiger partial charge in [0.05, 0.1) is 21.7 Å². The second-order valence-electron chi connectivity index (χ2n) is 6.91. The predicted octanol–water partition coefficient (Wildman–Crippen LogP) is 8.44. The van der Waals surface area contributed by atoms with Crippen molar-refractivity contribution in [2.24, 2.45) is 0 Å². The maximum absolute atomic E-state index is 9.59. The van der Waals surface area contributed by atoms with Crippen LogP contribution in [0, 0.1) is 11.3 Å². The third-order valence-corrected chi connectivity index (χ3v) is 5.71. The molecule has 0 saturated heterocycles. The molecule has 0 N–H and O–H groups in total. The van der Waals surface area contributed by atoms with Crippen LogP contribution in [0.5, 0.6) is 5.75 Å². The van der Waals surface area contributed by atoms with Crippen LogP contribution in [-0.4, -0.2) is 0 Å². The third kappa shape index (κ3) is 4.86. The van der Waals surface area contributed by atoms with E-state index in [9.17, 15) is 5.26 Å². The summed E-state index contributed by atoms with van der Waals surface area (Å²) in [6.45, 7) is 0.403. The van der Waals surface area contributed by atoms with Crippen LogP contribution in [-0.2, 0) is 6.61 Å². The lowest BCUT2D eigenvalue weighted by molar-refractivity contribution is 0.308. The van der Waals surface area contributed by atoms with Crippen molar-refractivity contribution >= 4 is 57.2 Å². The van der Waals surface area contributed by atoms with Crippen LogP contribution in [0.3, 0.4) is 0 Å². The Morgan fingerprint density at radius 3 is 2.45 bits per heavy atom. The second-order valence-corrected chi connectivity index (χ2v) is 8.16. The summed E-state index contributed by atoms with van der Waals surface area (Å²) in [7, 11) is 0. The minimum atomic E-state index is 0.403. The number of ether oxygens (including phenoxy) is 1. The van der Waals surface area contributed by atoms with Gasteiger partial charge in [-0.1, -0.05) is 89.4 Å². The highest BCUT2D eigenvalue weighted by Gasteiger charge is 2.09. The van der Waals surface area contributed by atoms with Crippen LogP contribution >= 0.6 is 34.8 Å². The molecule has 0 bridgehead atoms. The molecule has 4 aromatic carbocycles. The number of hydrogen-bond donors (Lipinski definition) is 0. The molecule has 0 aliphatic rings. The highest BCUT2D eigenvalue weighted by molar-refractivity contribution is 6.36. The lowest BCUT2D eigenvalue weighted by Crippen LogP contribution is -1.97. The molecule has 0 amide bonds. The molecule has 152 valence electrons.